The third-order valence-corrected chi connectivity index (χ3v) is 4.60. The SMILES string of the molecule is CO[C@H]1CN(C(C)C)C[C@@H]1NC(=O)c1ccc(-c2ccn[nH]2)cc1. The molecule has 0 spiro atoms. The van der Waals surface area contributed by atoms with Crippen LogP contribution >= 0.6 is 0 Å². The molecular formula is C18H24N4O2. The summed E-state index contributed by atoms with van der Waals surface area (Å²) in [4.78, 5) is 14.9. The zero-order chi connectivity index (χ0) is 17.1. The van der Waals surface area contributed by atoms with E-state index in [1.807, 2.05) is 30.3 Å². The maximum atomic E-state index is 12.5. The Labute approximate surface area is 142 Å². The van der Waals surface area contributed by atoms with Crippen LogP contribution in [0.3, 0.4) is 0 Å². The summed E-state index contributed by atoms with van der Waals surface area (Å²) in [6, 6.07) is 9.87. The monoisotopic (exact) mass is 328 g/mol. The van der Waals surface area contributed by atoms with Crippen molar-refractivity contribution >= 4 is 5.91 Å². The van der Waals surface area contributed by atoms with Crippen LogP contribution in [0.5, 0.6) is 0 Å². The fourth-order valence-corrected chi connectivity index (χ4v) is 3.07. The Bertz CT molecular complexity index is 667. The molecule has 1 saturated heterocycles. The van der Waals surface area contributed by atoms with E-state index < -0.39 is 0 Å². The molecule has 0 unspecified atom stereocenters. The third kappa shape index (κ3) is 3.49. The first-order valence-corrected chi connectivity index (χ1v) is 8.26. The van der Waals surface area contributed by atoms with Crippen LogP contribution in [0, 0.1) is 0 Å². The Balaban J connectivity index is 1.66. The van der Waals surface area contributed by atoms with Crippen molar-refractivity contribution in [1.82, 2.24) is 20.4 Å². The summed E-state index contributed by atoms with van der Waals surface area (Å²) in [5, 5.41) is 9.97. The standard InChI is InChI=1S/C18H24N4O2/c1-12(2)22-10-16(17(11-22)24-3)20-18(23)14-6-4-13(5-7-14)15-8-9-19-21-15/h4-9,12,16-17H,10-11H2,1-3H3,(H,19,21)(H,20,23)/t16-,17-/m0/s1. The number of aromatic nitrogens is 2. The number of nitrogens with zero attached hydrogens (tertiary/aromatic N) is 2. The number of rotatable bonds is 5. The molecule has 2 N–H and O–H groups in total. The van der Waals surface area contributed by atoms with Crippen molar-refractivity contribution < 1.29 is 9.53 Å². The van der Waals surface area contributed by atoms with Crippen molar-refractivity contribution in [2.24, 2.45) is 0 Å². The molecule has 0 bridgehead atoms. The molecule has 1 aliphatic heterocycles. The molecule has 2 aromatic rings. The summed E-state index contributed by atoms with van der Waals surface area (Å²) in [5.74, 6) is -0.0659. The number of amides is 1. The predicted molar refractivity (Wildman–Crippen MR) is 92.8 cm³/mol. The van der Waals surface area contributed by atoms with E-state index in [9.17, 15) is 4.79 Å². The fraction of sp³-hybridized carbons (Fsp3) is 0.444. The Hall–Kier alpha value is -2.18. The lowest BCUT2D eigenvalue weighted by atomic mass is 10.1. The minimum Gasteiger partial charge on any atom is -0.378 e. The Morgan fingerprint density at radius 2 is 2.04 bits per heavy atom. The van der Waals surface area contributed by atoms with Gasteiger partial charge in [-0.1, -0.05) is 12.1 Å². The molecule has 1 amide bonds. The lowest BCUT2D eigenvalue weighted by Crippen LogP contribution is -2.43. The number of hydrogen-bond acceptors (Lipinski definition) is 4. The van der Waals surface area contributed by atoms with Gasteiger partial charge in [0.2, 0.25) is 0 Å². The molecule has 1 aliphatic rings. The van der Waals surface area contributed by atoms with Crippen molar-refractivity contribution in [1.29, 1.82) is 0 Å². The summed E-state index contributed by atoms with van der Waals surface area (Å²) in [5.41, 5.74) is 2.59. The quantitative estimate of drug-likeness (QED) is 0.880. The lowest BCUT2D eigenvalue weighted by molar-refractivity contribution is 0.0753. The summed E-state index contributed by atoms with van der Waals surface area (Å²) >= 11 is 0. The molecular weight excluding hydrogens is 304 g/mol. The van der Waals surface area contributed by atoms with Gasteiger partial charge >= 0.3 is 0 Å². The van der Waals surface area contributed by atoms with Crippen molar-refractivity contribution in [3.05, 3.63) is 42.1 Å². The van der Waals surface area contributed by atoms with Crippen molar-refractivity contribution in [3.63, 3.8) is 0 Å². The average molecular weight is 328 g/mol. The Morgan fingerprint density at radius 3 is 2.62 bits per heavy atom. The highest BCUT2D eigenvalue weighted by Crippen LogP contribution is 2.18. The second-order valence-electron chi connectivity index (χ2n) is 6.45. The van der Waals surface area contributed by atoms with E-state index in [0.717, 1.165) is 24.3 Å². The van der Waals surface area contributed by atoms with Gasteiger partial charge in [0.05, 0.1) is 17.8 Å². The van der Waals surface area contributed by atoms with Crippen LogP contribution in [-0.2, 0) is 4.74 Å². The molecule has 128 valence electrons. The summed E-state index contributed by atoms with van der Waals surface area (Å²) in [6.07, 6.45) is 1.74. The first-order chi connectivity index (χ1) is 11.6. The second kappa shape index (κ2) is 7.15. The van der Waals surface area contributed by atoms with E-state index in [4.69, 9.17) is 4.74 Å². The van der Waals surface area contributed by atoms with E-state index in [-0.39, 0.29) is 18.1 Å². The number of nitrogens with one attached hydrogen (secondary N) is 2. The van der Waals surface area contributed by atoms with Crippen molar-refractivity contribution in [3.8, 4) is 11.3 Å². The number of aromatic amines is 1. The van der Waals surface area contributed by atoms with Gasteiger partial charge in [0.1, 0.15) is 0 Å². The molecule has 1 aromatic heterocycles. The van der Waals surface area contributed by atoms with E-state index in [0.29, 0.717) is 11.6 Å². The van der Waals surface area contributed by atoms with Crippen LogP contribution < -0.4 is 5.32 Å². The third-order valence-electron chi connectivity index (χ3n) is 4.60. The van der Waals surface area contributed by atoms with Crippen LogP contribution in [0.2, 0.25) is 0 Å². The second-order valence-corrected chi connectivity index (χ2v) is 6.45. The maximum Gasteiger partial charge on any atom is 0.251 e. The van der Waals surface area contributed by atoms with Gasteiger partial charge in [0.25, 0.3) is 5.91 Å². The molecule has 1 fully saturated rings. The Kier molecular flexibility index (Phi) is 4.97. The van der Waals surface area contributed by atoms with Gasteiger partial charge in [-0.15, -0.1) is 0 Å². The molecule has 24 heavy (non-hydrogen) atoms. The number of benzene rings is 1. The van der Waals surface area contributed by atoms with Crippen molar-refractivity contribution in [2.45, 2.75) is 32.0 Å². The van der Waals surface area contributed by atoms with Gasteiger partial charge in [0.15, 0.2) is 0 Å². The molecule has 6 heteroatoms. The zero-order valence-corrected chi connectivity index (χ0v) is 14.3. The number of carbonyl (C=O) groups excluding carboxylic acids is 1. The van der Waals surface area contributed by atoms with Gasteiger partial charge in [-0.2, -0.15) is 5.10 Å². The highest BCUT2D eigenvalue weighted by Gasteiger charge is 2.35. The van der Waals surface area contributed by atoms with E-state index in [1.165, 1.54) is 0 Å². The first-order valence-electron chi connectivity index (χ1n) is 8.26. The molecule has 3 rings (SSSR count). The lowest BCUT2D eigenvalue weighted by Gasteiger charge is -2.20. The highest BCUT2D eigenvalue weighted by atomic mass is 16.5. The topological polar surface area (TPSA) is 70.2 Å². The normalized spacial score (nSPS) is 21.3. The largest absolute Gasteiger partial charge is 0.378 e. The number of likely N-dealkylation sites (tertiary alicyclic amines) is 1. The number of methoxy groups -OCH3 is 1. The van der Waals surface area contributed by atoms with Crippen LogP contribution in [0.25, 0.3) is 11.3 Å². The summed E-state index contributed by atoms with van der Waals surface area (Å²) < 4.78 is 5.54. The highest BCUT2D eigenvalue weighted by molar-refractivity contribution is 5.94. The van der Waals surface area contributed by atoms with Gasteiger partial charge in [-0.05, 0) is 37.6 Å². The van der Waals surface area contributed by atoms with Gasteiger partial charge in [0, 0.05) is 38.0 Å². The van der Waals surface area contributed by atoms with Crippen molar-refractivity contribution in [2.75, 3.05) is 20.2 Å². The van der Waals surface area contributed by atoms with Gasteiger partial charge < -0.3 is 10.1 Å². The molecule has 0 radical (unpaired) electrons. The molecule has 0 aliphatic carbocycles. The van der Waals surface area contributed by atoms with E-state index in [2.05, 4.69) is 34.3 Å². The molecule has 6 nitrogen and oxygen atoms in total. The smallest absolute Gasteiger partial charge is 0.251 e. The average Bonchev–Trinajstić information content (AvgIpc) is 3.24. The van der Waals surface area contributed by atoms with Crippen LogP contribution in [0.4, 0.5) is 0 Å². The summed E-state index contributed by atoms with van der Waals surface area (Å²) in [7, 11) is 1.70. The zero-order valence-electron chi connectivity index (χ0n) is 14.3. The number of H-pyrrole nitrogens is 1. The van der Waals surface area contributed by atoms with Crippen LogP contribution in [0.1, 0.15) is 24.2 Å². The number of ether oxygens (including phenoxy) is 1. The first kappa shape index (κ1) is 16.7. The summed E-state index contributed by atoms with van der Waals surface area (Å²) in [6.45, 7) is 5.97. The minimum absolute atomic E-state index is 0.0113. The molecule has 1 aromatic carbocycles. The van der Waals surface area contributed by atoms with E-state index >= 15 is 0 Å². The van der Waals surface area contributed by atoms with E-state index in [1.54, 1.807) is 13.3 Å². The minimum atomic E-state index is -0.0659. The molecule has 2 heterocycles. The fourth-order valence-electron chi connectivity index (χ4n) is 3.07. The molecule has 2 atom stereocenters. The van der Waals surface area contributed by atoms with Gasteiger partial charge in [-0.3, -0.25) is 14.8 Å². The van der Waals surface area contributed by atoms with Gasteiger partial charge in [-0.25, -0.2) is 0 Å². The number of carbonyl (C=O) groups is 1. The predicted octanol–water partition coefficient (Wildman–Crippen LogP) is 1.91. The number of hydrogen-bond donors (Lipinski definition) is 2. The molecule has 0 saturated carbocycles. The maximum absolute atomic E-state index is 12.5. The van der Waals surface area contributed by atoms with Crippen LogP contribution in [-0.4, -0.2) is 59.4 Å². The van der Waals surface area contributed by atoms with Crippen LogP contribution in [0.15, 0.2) is 36.5 Å². The Morgan fingerprint density at radius 1 is 1.29 bits per heavy atom.